The fourth-order valence-electron chi connectivity index (χ4n) is 0.902. The Labute approximate surface area is 84.1 Å². The summed E-state index contributed by atoms with van der Waals surface area (Å²) < 4.78 is 13.9. The molecule has 0 fully saturated rings. The molecular formula is C9H8FIO. The van der Waals surface area contributed by atoms with Gasteiger partial charge in [0.15, 0.2) is 5.78 Å². The second-order valence-corrected chi connectivity index (χ2v) is 3.65. The highest BCUT2D eigenvalue weighted by Crippen LogP contribution is 2.13. The number of carbonyl (C=O) groups excluding carboxylic acids is 1. The van der Waals surface area contributed by atoms with Crippen molar-refractivity contribution in [3.8, 4) is 0 Å². The predicted molar refractivity (Wildman–Crippen MR) is 53.7 cm³/mol. The number of benzene rings is 1. The Morgan fingerprint density at radius 3 is 2.83 bits per heavy atom. The van der Waals surface area contributed by atoms with Gasteiger partial charge in [0.05, 0.1) is 5.56 Å². The lowest BCUT2D eigenvalue weighted by Gasteiger charge is -1.99. The molecule has 0 bridgehead atoms. The summed E-state index contributed by atoms with van der Waals surface area (Å²) in [6, 6.07) is 4.54. The normalized spacial score (nSPS) is 9.92. The minimum Gasteiger partial charge on any atom is -0.294 e. The van der Waals surface area contributed by atoms with Crippen LogP contribution in [0.15, 0.2) is 18.2 Å². The fourth-order valence-corrected chi connectivity index (χ4v) is 1.39. The van der Waals surface area contributed by atoms with Gasteiger partial charge in [0.2, 0.25) is 0 Å². The van der Waals surface area contributed by atoms with Gasteiger partial charge in [0.25, 0.3) is 0 Å². The Morgan fingerprint density at radius 2 is 2.25 bits per heavy atom. The van der Waals surface area contributed by atoms with E-state index >= 15 is 0 Å². The Bertz CT molecular complexity index is 309. The Kier molecular flexibility index (Phi) is 3.20. The number of halogens is 2. The topological polar surface area (TPSA) is 17.1 Å². The molecule has 0 heterocycles. The number of Topliss-reactive ketones (excluding diaryl/α,β-unsaturated/α-hetero) is 1. The molecule has 0 aliphatic rings. The van der Waals surface area contributed by atoms with E-state index in [1.165, 1.54) is 6.07 Å². The SMILES string of the molecule is CCC(=O)c1cc(I)ccc1F. The van der Waals surface area contributed by atoms with Crippen LogP contribution >= 0.6 is 22.6 Å². The van der Waals surface area contributed by atoms with Gasteiger partial charge in [-0.1, -0.05) is 6.92 Å². The van der Waals surface area contributed by atoms with Gasteiger partial charge in [-0.05, 0) is 40.8 Å². The number of hydrogen-bond donors (Lipinski definition) is 0. The van der Waals surface area contributed by atoms with Crippen molar-refractivity contribution in [2.45, 2.75) is 13.3 Å². The number of hydrogen-bond acceptors (Lipinski definition) is 1. The maximum atomic E-state index is 13.0. The van der Waals surface area contributed by atoms with Gasteiger partial charge in [0.1, 0.15) is 5.82 Å². The van der Waals surface area contributed by atoms with Gasteiger partial charge in [-0.25, -0.2) is 4.39 Å². The highest BCUT2D eigenvalue weighted by Gasteiger charge is 2.09. The maximum Gasteiger partial charge on any atom is 0.165 e. The third-order valence-corrected chi connectivity index (χ3v) is 2.22. The number of carbonyl (C=O) groups is 1. The summed E-state index contributed by atoms with van der Waals surface area (Å²) in [5, 5.41) is 0. The monoisotopic (exact) mass is 278 g/mol. The van der Waals surface area contributed by atoms with Crippen LogP contribution in [0.2, 0.25) is 0 Å². The first-order valence-electron chi connectivity index (χ1n) is 3.63. The summed E-state index contributed by atoms with van der Waals surface area (Å²) in [5.74, 6) is -0.576. The van der Waals surface area contributed by atoms with Crippen molar-refractivity contribution in [3.05, 3.63) is 33.1 Å². The Balaban J connectivity index is 3.13. The maximum absolute atomic E-state index is 13.0. The van der Waals surface area contributed by atoms with Gasteiger partial charge < -0.3 is 0 Å². The van der Waals surface area contributed by atoms with E-state index < -0.39 is 5.82 Å². The first kappa shape index (κ1) is 9.64. The van der Waals surface area contributed by atoms with E-state index in [9.17, 15) is 9.18 Å². The lowest BCUT2D eigenvalue weighted by Crippen LogP contribution is -2.00. The summed E-state index contributed by atoms with van der Waals surface area (Å²) in [7, 11) is 0. The van der Waals surface area contributed by atoms with Gasteiger partial charge in [0, 0.05) is 9.99 Å². The Morgan fingerprint density at radius 1 is 1.58 bits per heavy atom. The summed E-state index contributed by atoms with van der Waals surface area (Å²) in [5.41, 5.74) is 0.199. The zero-order valence-electron chi connectivity index (χ0n) is 6.60. The zero-order valence-corrected chi connectivity index (χ0v) is 8.76. The lowest BCUT2D eigenvalue weighted by molar-refractivity contribution is 0.0984. The van der Waals surface area contributed by atoms with Crippen molar-refractivity contribution in [1.29, 1.82) is 0 Å². The van der Waals surface area contributed by atoms with Crippen LogP contribution in [-0.2, 0) is 0 Å². The van der Waals surface area contributed by atoms with Gasteiger partial charge in [-0.3, -0.25) is 4.79 Å². The molecule has 1 aromatic rings. The Hall–Kier alpha value is -0.450. The summed E-state index contributed by atoms with van der Waals surface area (Å²) in [6.45, 7) is 1.72. The van der Waals surface area contributed by atoms with Crippen LogP contribution in [0, 0.1) is 9.39 Å². The highest BCUT2D eigenvalue weighted by atomic mass is 127. The molecule has 0 spiro atoms. The van der Waals surface area contributed by atoms with Crippen molar-refractivity contribution in [1.82, 2.24) is 0 Å². The molecule has 0 N–H and O–H groups in total. The van der Waals surface area contributed by atoms with Crippen molar-refractivity contribution < 1.29 is 9.18 Å². The minimum absolute atomic E-state index is 0.147. The van der Waals surface area contributed by atoms with Crippen LogP contribution in [0.3, 0.4) is 0 Å². The fraction of sp³-hybridized carbons (Fsp3) is 0.222. The molecule has 0 saturated heterocycles. The first-order chi connectivity index (χ1) is 5.65. The van der Waals surface area contributed by atoms with Gasteiger partial charge >= 0.3 is 0 Å². The van der Waals surface area contributed by atoms with Crippen molar-refractivity contribution in [2.75, 3.05) is 0 Å². The largest absolute Gasteiger partial charge is 0.294 e. The molecule has 0 saturated carbocycles. The molecular weight excluding hydrogens is 270 g/mol. The third-order valence-electron chi connectivity index (χ3n) is 1.55. The third kappa shape index (κ3) is 2.03. The lowest BCUT2D eigenvalue weighted by atomic mass is 10.1. The van der Waals surface area contributed by atoms with E-state index in [1.807, 2.05) is 0 Å². The van der Waals surface area contributed by atoms with E-state index in [1.54, 1.807) is 19.1 Å². The van der Waals surface area contributed by atoms with Crippen molar-refractivity contribution >= 4 is 28.4 Å². The molecule has 0 aliphatic carbocycles. The van der Waals surface area contributed by atoms with E-state index in [-0.39, 0.29) is 11.3 Å². The molecule has 3 heteroatoms. The van der Waals surface area contributed by atoms with E-state index in [0.717, 1.165) is 3.57 Å². The molecule has 1 nitrogen and oxygen atoms in total. The molecule has 12 heavy (non-hydrogen) atoms. The minimum atomic E-state index is -0.428. The van der Waals surface area contributed by atoms with E-state index in [2.05, 4.69) is 22.6 Å². The van der Waals surface area contributed by atoms with Gasteiger partial charge in [-0.2, -0.15) is 0 Å². The first-order valence-corrected chi connectivity index (χ1v) is 4.71. The van der Waals surface area contributed by atoms with Gasteiger partial charge in [-0.15, -0.1) is 0 Å². The average molecular weight is 278 g/mol. The molecule has 64 valence electrons. The second kappa shape index (κ2) is 3.98. The molecule has 0 aliphatic heterocycles. The van der Waals surface area contributed by atoms with E-state index in [0.29, 0.717) is 6.42 Å². The summed E-state index contributed by atoms with van der Waals surface area (Å²) in [4.78, 5) is 11.1. The molecule has 0 amide bonds. The van der Waals surface area contributed by atoms with Crippen molar-refractivity contribution in [3.63, 3.8) is 0 Å². The molecule has 1 aromatic carbocycles. The molecule has 0 aromatic heterocycles. The number of rotatable bonds is 2. The molecule has 0 atom stereocenters. The summed E-state index contributed by atoms with van der Waals surface area (Å²) >= 11 is 2.05. The smallest absolute Gasteiger partial charge is 0.165 e. The zero-order chi connectivity index (χ0) is 9.14. The van der Waals surface area contributed by atoms with Crippen LogP contribution in [0.1, 0.15) is 23.7 Å². The van der Waals surface area contributed by atoms with Crippen LogP contribution in [-0.4, -0.2) is 5.78 Å². The van der Waals surface area contributed by atoms with Crippen LogP contribution in [0.25, 0.3) is 0 Å². The van der Waals surface area contributed by atoms with Crippen LogP contribution in [0.4, 0.5) is 4.39 Å². The van der Waals surface area contributed by atoms with Crippen LogP contribution in [0.5, 0.6) is 0 Å². The van der Waals surface area contributed by atoms with Crippen molar-refractivity contribution in [2.24, 2.45) is 0 Å². The molecule has 0 radical (unpaired) electrons. The summed E-state index contributed by atoms with van der Waals surface area (Å²) in [6.07, 6.45) is 0.344. The quantitative estimate of drug-likeness (QED) is 0.600. The molecule has 1 rings (SSSR count). The molecule has 0 unspecified atom stereocenters. The van der Waals surface area contributed by atoms with E-state index in [4.69, 9.17) is 0 Å². The standard InChI is InChI=1S/C9H8FIO/c1-2-9(12)7-5-6(11)3-4-8(7)10/h3-5H,2H2,1H3. The average Bonchev–Trinajstić information content (AvgIpc) is 2.08. The highest BCUT2D eigenvalue weighted by molar-refractivity contribution is 14.1. The predicted octanol–water partition coefficient (Wildman–Crippen LogP) is 3.02. The van der Waals surface area contributed by atoms with Crippen LogP contribution < -0.4 is 0 Å². The second-order valence-electron chi connectivity index (χ2n) is 2.40. The number of ketones is 1.